The number of hydrogen-bond donors (Lipinski definition) is 0. The lowest BCUT2D eigenvalue weighted by Crippen LogP contribution is -2.57. The quantitative estimate of drug-likeness (QED) is 0.752. The summed E-state index contributed by atoms with van der Waals surface area (Å²) in [6.45, 7) is 3.23. The lowest BCUT2D eigenvalue weighted by molar-refractivity contribution is 0.0390. The molecule has 26 heavy (non-hydrogen) atoms. The van der Waals surface area contributed by atoms with E-state index in [1.165, 1.54) is 16.7 Å². The summed E-state index contributed by atoms with van der Waals surface area (Å²) in [4.78, 5) is 20.0. The molecule has 0 N–H and O–H groups in total. The zero-order valence-electron chi connectivity index (χ0n) is 15.2. The highest BCUT2D eigenvalue weighted by atomic mass is 16.2. The molecule has 1 amide bonds. The van der Waals surface area contributed by atoms with Crippen molar-refractivity contribution in [2.24, 2.45) is 4.99 Å². The van der Waals surface area contributed by atoms with Gasteiger partial charge in [0.15, 0.2) is 0 Å². The fraction of sp³-hybridized carbons (Fsp3) is 0.391. The second-order valence-electron chi connectivity index (χ2n) is 8.09. The molecule has 0 bridgehead atoms. The number of benzene rings is 2. The monoisotopic (exact) mass is 344 g/mol. The molecule has 0 radical (unpaired) electrons. The fourth-order valence-electron chi connectivity index (χ4n) is 5.30. The van der Waals surface area contributed by atoms with Gasteiger partial charge in [0.1, 0.15) is 0 Å². The summed E-state index contributed by atoms with van der Waals surface area (Å²) >= 11 is 0. The predicted molar refractivity (Wildman–Crippen MR) is 104 cm³/mol. The zero-order chi connectivity index (χ0) is 17.7. The Balaban J connectivity index is 1.50. The van der Waals surface area contributed by atoms with E-state index in [0.717, 1.165) is 49.9 Å². The summed E-state index contributed by atoms with van der Waals surface area (Å²) in [5, 5.41) is 0. The number of aliphatic imine (C=N–C) groups is 1. The number of nitrogens with zero attached hydrogens (tertiary/aromatic N) is 2. The Hall–Kier alpha value is -2.42. The highest BCUT2D eigenvalue weighted by molar-refractivity contribution is 5.96. The van der Waals surface area contributed by atoms with Gasteiger partial charge in [-0.2, -0.15) is 0 Å². The van der Waals surface area contributed by atoms with Gasteiger partial charge in [-0.25, -0.2) is 0 Å². The van der Waals surface area contributed by atoms with Crippen LogP contribution in [0.3, 0.4) is 0 Å². The molecule has 0 unspecified atom stereocenters. The minimum absolute atomic E-state index is 0.0671. The minimum Gasteiger partial charge on any atom is -0.335 e. The normalized spacial score (nSPS) is 26.2. The Kier molecular flexibility index (Phi) is 3.53. The van der Waals surface area contributed by atoms with Gasteiger partial charge >= 0.3 is 0 Å². The lowest BCUT2D eigenvalue weighted by atomic mass is 9.63. The van der Waals surface area contributed by atoms with Crippen LogP contribution in [0.15, 0.2) is 47.5 Å². The van der Waals surface area contributed by atoms with Crippen LogP contribution in [0.5, 0.6) is 0 Å². The molecule has 1 fully saturated rings. The molecule has 2 heterocycles. The number of piperidine rings is 1. The molecule has 5 rings (SSSR count). The molecule has 2 aliphatic heterocycles. The van der Waals surface area contributed by atoms with Crippen LogP contribution < -0.4 is 0 Å². The summed E-state index contributed by atoms with van der Waals surface area (Å²) in [6, 6.07) is 15.1. The summed E-state index contributed by atoms with van der Waals surface area (Å²) in [5.74, 6) is 0.171. The van der Waals surface area contributed by atoms with E-state index < -0.39 is 0 Å². The van der Waals surface area contributed by atoms with E-state index in [-0.39, 0.29) is 17.4 Å². The second kappa shape index (κ2) is 5.80. The number of rotatable bonds is 1. The average Bonchev–Trinajstić information content (AvgIpc) is 3.14. The molecular formula is C23H24N2O. The molecule has 3 aliphatic rings. The number of hydrogen-bond acceptors (Lipinski definition) is 2. The van der Waals surface area contributed by atoms with Crippen molar-refractivity contribution in [1.82, 2.24) is 4.90 Å². The molecule has 2 aromatic carbocycles. The number of fused-ring (bicyclic) bond motifs is 4. The number of aryl methyl sites for hydroxylation is 1. The lowest BCUT2D eigenvalue weighted by Gasteiger charge is -2.52. The first-order valence-corrected chi connectivity index (χ1v) is 9.72. The Morgan fingerprint density at radius 3 is 3.00 bits per heavy atom. The van der Waals surface area contributed by atoms with E-state index in [4.69, 9.17) is 0 Å². The van der Waals surface area contributed by atoms with Gasteiger partial charge < -0.3 is 4.90 Å². The molecule has 132 valence electrons. The van der Waals surface area contributed by atoms with Crippen molar-refractivity contribution in [2.75, 3.05) is 6.54 Å². The van der Waals surface area contributed by atoms with Crippen LogP contribution in [-0.4, -0.2) is 29.6 Å². The van der Waals surface area contributed by atoms with Gasteiger partial charge in [-0.05, 0) is 54.5 Å². The van der Waals surface area contributed by atoms with E-state index in [0.29, 0.717) is 0 Å². The number of carbonyl (C=O) groups is 1. The van der Waals surface area contributed by atoms with Gasteiger partial charge in [0.05, 0.1) is 5.69 Å². The van der Waals surface area contributed by atoms with Crippen LogP contribution in [-0.2, 0) is 18.3 Å². The molecule has 0 spiro atoms. The van der Waals surface area contributed by atoms with Crippen molar-refractivity contribution in [3.8, 4) is 0 Å². The maximum absolute atomic E-state index is 13.4. The van der Waals surface area contributed by atoms with Crippen LogP contribution >= 0.6 is 0 Å². The summed E-state index contributed by atoms with van der Waals surface area (Å²) in [6.07, 6.45) is 7.15. The summed E-state index contributed by atoms with van der Waals surface area (Å²) < 4.78 is 0. The van der Waals surface area contributed by atoms with E-state index in [9.17, 15) is 4.79 Å². The second-order valence-corrected chi connectivity index (χ2v) is 8.09. The van der Waals surface area contributed by atoms with E-state index >= 15 is 0 Å². The van der Waals surface area contributed by atoms with Gasteiger partial charge in [-0.15, -0.1) is 0 Å². The average molecular weight is 344 g/mol. The van der Waals surface area contributed by atoms with Crippen molar-refractivity contribution in [2.45, 2.75) is 50.5 Å². The zero-order valence-corrected chi connectivity index (χ0v) is 15.2. The van der Waals surface area contributed by atoms with Gasteiger partial charge in [-0.3, -0.25) is 9.79 Å². The predicted octanol–water partition coefficient (Wildman–Crippen LogP) is 4.45. The number of carbonyl (C=O) groups excluding carboxylic acids is 1. The Labute approximate surface area is 154 Å². The molecule has 2 atom stereocenters. The molecule has 1 aliphatic carbocycles. The Morgan fingerprint density at radius 2 is 2.08 bits per heavy atom. The van der Waals surface area contributed by atoms with Gasteiger partial charge in [0, 0.05) is 36.2 Å². The topological polar surface area (TPSA) is 32.7 Å². The summed E-state index contributed by atoms with van der Waals surface area (Å²) in [7, 11) is 0. The molecule has 3 heteroatoms. The van der Waals surface area contributed by atoms with Gasteiger partial charge in [0.25, 0.3) is 5.91 Å². The summed E-state index contributed by atoms with van der Waals surface area (Å²) in [5.41, 5.74) is 5.95. The third-order valence-electron chi connectivity index (χ3n) is 6.66. The molecule has 1 saturated heterocycles. The Morgan fingerprint density at radius 1 is 1.19 bits per heavy atom. The fourth-order valence-corrected chi connectivity index (χ4v) is 5.30. The number of likely N-dealkylation sites (tertiary alicyclic amines) is 1. The van der Waals surface area contributed by atoms with Gasteiger partial charge in [-0.1, -0.05) is 37.3 Å². The van der Waals surface area contributed by atoms with Crippen LogP contribution in [0, 0.1) is 0 Å². The molecule has 0 saturated carbocycles. The standard InChI is InChI=1S/C23H24N2O/c1-23-12-4-14-25(21(23)10-9-16-5-2-3-6-19(16)23)22(26)18-8-7-17-11-13-24-20(17)15-18/h2-3,5-8,13,15,21H,4,9-12,14H2,1H3/t21-,23+/m0/s1. The van der Waals surface area contributed by atoms with Crippen molar-refractivity contribution in [1.29, 1.82) is 0 Å². The van der Waals surface area contributed by atoms with Crippen molar-refractivity contribution in [3.63, 3.8) is 0 Å². The van der Waals surface area contributed by atoms with E-state index in [2.05, 4.69) is 47.1 Å². The molecular weight excluding hydrogens is 320 g/mol. The van der Waals surface area contributed by atoms with Crippen molar-refractivity contribution < 1.29 is 4.79 Å². The van der Waals surface area contributed by atoms with Crippen LogP contribution in [0.2, 0.25) is 0 Å². The largest absolute Gasteiger partial charge is 0.335 e. The number of amides is 1. The van der Waals surface area contributed by atoms with Crippen molar-refractivity contribution >= 4 is 17.8 Å². The minimum atomic E-state index is 0.0671. The highest BCUT2D eigenvalue weighted by Gasteiger charge is 2.46. The first-order chi connectivity index (χ1) is 12.7. The van der Waals surface area contributed by atoms with Crippen LogP contribution in [0.1, 0.15) is 53.2 Å². The molecule has 0 aromatic heterocycles. The van der Waals surface area contributed by atoms with Crippen molar-refractivity contribution in [3.05, 3.63) is 64.7 Å². The molecule has 3 nitrogen and oxygen atoms in total. The van der Waals surface area contributed by atoms with Crippen LogP contribution in [0.25, 0.3) is 0 Å². The first kappa shape index (κ1) is 15.8. The van der Waals surface area contributed by atoms with E-state index in [1.54, 1.807) is 0 Å². The Bertz CT molecular complexity index is 916. The van der Waals surface area contributed by atoms with E-state index in [1.807, 2.05) is 18.3 Å². The third kappa shape index (κ3) is 2.26. The third-order valence-corrected chi connectivity index (χ3v) is 6.66. The smallest absolute Gasteiger partial charge is 0.254 e. The maximum Gasteiger partial charge on any atom is 0.254 e. The first-order valence-electron chi connectivity index (χ1n) is 9.72. The van der Waals surface area contributed by atoms with Gasteiger partial charge in [0.2, 0.25) is 0 Å². The SMILES string of the molecule is C[C@]12CCCN(C(=O)c3ccc4c(c3)N=CC4)[C@H]1CCc1ccccc12. The molecule has 2 aromatic rings. The van der Waals surface area contributed by atoms with Crippen LogP contribution in [0.4, 0.5) is 5.69 Å². The maximum atomic E-state index is 13.4. The highest BCUT2D eigenvalue weighted by Crippen LogP contribution is 2.46.